The van der Waals surface area contributed by atoms with Crippen LogP contribution in [0.5, 0.6) is 0 Å². The van der Waals surface area contributed by atoms with Gasteiger partial charge in [0.15, 0.2) is 5.65 Å². The highest BCUT2D eigenvalue weighted by molar-refractivity contribution is 5.90. The molecule has 0 bridgehead atoms. The van der Waals surface area contributed by atoms with Gasteiger partial charge in [-0.15, -0.1) is 0 Å². The van der Waals surface area contributed by atoms with Crippen LogP contribution in [0.25, 0.3) is 27.9 Å². The number of nitrogens with zero attached hydrogens (tertiary/aromatic N) is 6. The Kier molecular flexibility index (Phi) is 5.40. The van der Waals surface area contributed by atoms with E-state index in [-0.39, 0.29) is 0 Å². The van der Waals surface area contributed by atoms with Crippen molar-refractivity contribution in [3.63, 3.8) is 0 Å². The standard InChI is InChI=1S/C26H35N7/c1-15(2)23-24(20-13-33-26(27-14-28-33)19(7)18(20)6)29-21-8-9-22(30-25(21)23)32-11-10-31(16(3)4)12-17(32)5/h8-9,13-17,29H,10-12H2,1-7H3/t17-/m0/s1. The Labute approximate surface area is 195 Å². The van der Waals surface area contributed by atoms with Crippen molar-refractivity contribution in [2.45, 2.75) is 66.5 Å². The Bertz CT molecular complexity index is 1310. The summed E-state index contributed by atoms with van der Waals surface area (Å²) in [6.45, 7) is 18.8. The van der Waals surface area contributed by atoms with Crippen molar-refractivity contribution in [1.82, 2.24) is 29.5 Å². The number of aryl methyl sites for hydroxylation is 1. The van der Waals surface area contributed by atoms with Crippen molar-refractivity contribution in [1.29, 1.82) is 0 Å². The molecule has 33 heavy (non-hydrogen) atoms. The molecule has 7 nitrogen and oxygen atoms in total. The summed E-state index contributed by atoms with van der Waals surface area (Å²) in [6.07, 6.45) is 3.71. The molecule has 0 unspecified atom stereocenters. The first-order chi connectivity index (χ1) is 15.8. The van der Waals surface area contributed by atoms with Gasteiger partial charge in [0.05, 0.1) is 16.7 Å². The topological polar surface area (TPSA) is 65.4 Å². The van der Waals surface area contributed by atoms with E-state index in [0.29, 0.717) is 18.0 Å². The molecule has 0 saturated carbocycles. The normalized spacial score (nSPS) is 17.8. The van der Waals surface area contributed by atoms with E-state index in [1.54, 1.807) is 6.33 Å². The summed E-state index contributed by atoms with van der Waals surface area (Å²) in [5.41, 5.74) is 9.02. The lowest BCUT2D eigenvalue weighted by molar-refractivity contribution is 0.185. The fourth-order valence-electron chi connectivity index (χ4n) is 5.26. The molecule has 0 spiro atoms. The molecule has 4 aromatic heterocycles. The predicted octanol–water partition coefficient (Wildman–Crippen LogP) is 4.93. The molecule has 7 heteroatoms. The van der Waals surface area contributed by atoms with E-state index in [4.69, 9.17) is 4.98 Å². The lowest BCUT2D eigenvalue weighted by Gasteiger charge is -2.42. The van der Waals surface area contributed by atoms with Crippen LogP contribution in [0, 0.1) is 13.8 Å². The molecule has 1 aliphatic heterocycles. The first-order valence-corrected chi connectivity index (χ1v) is 12.1. The average Bonchev–Trinajstić information content (AvgIpc) is 3.40. The van der Waals surface area contributed by atoms with E-state index in [9.17, 15) is 0 Å². The van der Waals surface area contributed by atoms with Crippen molar-refractivity contribution < 1.29 is 0 Å². The second-order valence-corrected chi connectivity index (χ2v) is 10.1. The Morgan fingerprint density at radius 2 is 1.85 bits per heavy atom. The summed E-state index contributed by atoms with van der Waals surface area (Å²) >= 11 is 0. The quantitative estimate of drug-likeness (QED) is 0.482. The summed E-state index contributed by atoms with van der Waals surface area (Å²) in [4.78, 5) is 18.4. The number of hydrogen-bond donors (Lipinski definition) is 1. The number of hydrogen-bond acceptors (Lipinski definition) is 5. The third-order valence-corrected chi connectivity index (χ3v) is 7.32. The van der Waals surface area contributed by atoms with Gasteiger partial charge in [-0.3, -0.25) is 4.90 Å². The van der Waals surface area contributed by atoms with E-state index >= 15 is 0 Å². The third kappa shape index (κ3) is 3.59. The maximum Gasteiger partial charge on any atom is 0.158 e. The summed E-state index contributed by atoms with van der Waals surface area (Å²) < 4.78 is 1.88. The maximum absolute atomic E-state index is 5.23. The van der Waals surface area contributed by atoms with E-state index in [2.05, 4.69) is 91.7 Å². The van der Waals surface area contributed by atoms with Crippen LogP contribution in [0.1, 0.15) is 57.2 Å². The Morgan fingerprint density at radius 1 is 1.06 bits per heavy atom. The summed E-state index contributed by atoms with van der Waals surface area (Å²) in [7, 11) is 0. The smallest absolute Gasteiger partial charge is 0.158 e. The third-order valence-electron chi connectivity index (χ3n) is 7.32. The van der Waals surface area contributed by atoms with Gasteiger partial charge < -0.3 is 9.88 Å². The van der Waals surface area contributed by atoms with E-state index < -0.39 is 0 Å². The minimum Gasteiger partial charge on any atom is -0.353 e. The Hall–Kier alpha value is -2.93. The number of nitrogens with one attached hydrogen (secondary N) is 1. The predicted molar refractivity (Wildman–Crippen MR) is 135 cm³/mol. The minimum atomic E-state index is 0.331. The highest BCUT2D eigenvalue weighted by Crippen LogP contribution is 2.38. The maximum atomic E-state index is 5.23. The Morgan fingerprint density at radius 3 is 2.55 bits per heavy atom. The molecule has 0 aliphatic carbocycles. The van der Waals surface area contributed by atoms with Gasteiger partial charge in [0.1, 0.15) is 12.1 Å². The first kappa shape index (κ1) is 21.9. The lowest BCUT2D eigenvalue weighted by atomic mass is 9.95. The zero-order valence-electron chi connectivity index (χ0n) is 20.8. The lowest BCUT2D eigenvalue weighted by Crippen LogP contribution is -2.54. The largest absolute Gasteiger partial charge is 0.353 e. The molecule has 0 aromatic carbocycles. The second kappa shape index (κ2) is 8.13. The van der Waals surface area contributed by atoms with Crippen molar-refractivity contribution in [3.05, 3.63) is 41.3 Å². The van der Waals surface area contributed by atoms with E-state index in [0.717, 1.165) is 59.0 Å². The summed E-state index contributed by atoms with van der Waals surface area (Å²) in [5.74, 6) is 1.41. The van der Waals surface area contributed by atoms with Gasteiger partial charge in [-0.1, -0.05) is 13.8 Å². The van der Waals surface area contributed by atoms with Crippen LogP contribution in [-0.4, -0.2) is 61.2 Å². The number of anilines is 1. The summed E-state index contributed by atoms with van der Waals surface area (Å²) in [6, 6.07) is 5.39. The highest BCUT2D eigenvalue weighted by atomic mass is 15.3. The molecule has 5 rings (SSSR count). The van der Waals surface area contributed by atoms with Crippen LogP contribution in [-0.2, 0) is 0 Å². The van der Waals surface area contributed by atoms with Crippen molar-refractivity contribution in [2.75, 3.05) is 24.5 Å². The zero-order valence-corrected chi connectivity index (χ0v) is 20.8. The molecule has 174 valence electrons. The number of aromatic nitrogens is 5. The van der Waals surface area contributed by atoms with Gasteiger partial charge in [0, 0.05) is 49.0 Å². The van der Waals surface area contributed by atoms with Crippen molar-refractivity contribution in [2.24, 2.45) is 0 Å². The average molecular weight is 446 g/mol. The molecular weight excluding hydrogens is 410 g/mol. The van der Waals surface area contributed by atoms with Crippen LogP contribution < -0.4 is 4.90 Å². The number of H-pyrrole nitrogens is 1. The van der Waals surface area contributed by atoms with Crippen LogP contribution in [0.15, 0.2) is 24.7 Å². The van der Waals surface area contributed by atoms with Crippen LogP contribution in [0.2, 0.25) is 0 Å². The summed E-state index contributed by atoms with van der Waals surface area (Å²) in [5, 5.41) is 4.40. The van der Waals surface area contributed by atoms with Gasteiger partial charge in [0.2, 0.25) is 0 Å². The Balaban J connectivity index is 1.62. The van der Waals surface area contributed by atoms with Crippen molar-refractivity contribution >= 4 is 22.5 Å². The number of piperazine rings is 1. The van der Waals surface area contributed by atoms with E-state index in [1.165, 1.54) is 11.1 Å². The zero-order chi connectivity index (χ0) is 23.4. The molecule has 4 aromatic rings. The van der Waals surface area contributed by atoms with E-state index in [1.807, 2.05) is 4.52 Å². The van der Waals surface area contributed by atoms with Crippen molar-refractivity contribution in [3.8, 4) is 11.3 Å². The minimum absolute atomic E-state index is 0.331. The molecule has 1 atom stereocenters. The van der Waals surface area contributed by atoms with Crippen LogP contribution in [0.3, 0.4) is 0 Å². The van der Waals surface area contributed by atoms with Crippen LogP contribution >= 0.6 is 0 Å². The van der Waals surface area contributed by atoms with Gasteiger partial charge in [-0.05, 0) is 63.8 Å². The molecule has 5 heterocycles. The molecule has 0 radical (unpaired) electrons. The molecule has 1 fully saturated rings. The number of rotatable bonds is 4. The highest BCUT2D eigenvalue weighted by Gasteiger charge is 2.27. The fraction of sp³-hybridized carbons (Fsp3) is 0.500. The van der Waals surface area contributed by atoms with Crippen LogP contribution in [0.4, 0.5) is 5.82 Å². The fourth-order valence-corrected chi connectivity index (χ4v) is 5.26. The molecule has 1 N–H and O–H groups in total. The molecule has 1 saturated heterocycles. The number of fused-ring (bicyclic) bond motifs is 2. The van der Waals surface area contributed by atoms with Gasteiger partial charge in [-0.25, -0.2) is 14.5 Å². The molecule has 1 aliphatic rings. The molecule has 0 amide bonds. The first-order valence-electron chi connectivity index (χ1n) is 12.1. The molecular formula is C26H35N7. The SMILES string of the molecule is Cc1c(-c2[nH]c3ccc(N4CCN(C(C)C)C[C@@H]4C)nc3c2C(C)C)cn2ncnc2c1C. The number of aromatic amines is 1. The van der Waals surface area contributed by atoms with Gasteiger partial charge in [-0.2, -0.15) is 5.10 Å². The second-order valence-electron chi connectivity index (χ2n) is 10.1. The number of pyridine rings is 2. The monoisotopic (exact) mass is 445 g/mol. The van der Waals surface area contributed by atoms with Gasteiger partial charge >= 0.3 is 0 Å². The van der Waals surface area contributed by atoms with Gasteiger partial charge in [0.25, 0.3) is 0 Å².